The number of ether oxygens (including phenoxy) is 8. The van der Waals surface area contributed by atoms with Crippen LogP contribution in [0.2, 0.25) is 0 Å². The quantitative estimate of drug-likeness (QED) is 0.0528. The van der Waals surface area contributed by atoms with Gasteiger partial charge in [0.05, 0.1) is 37.4 Å². The van der Waals surface area contributed by atoms with Crippen LogP contribution >= 0.6 is 0 Å². The summed E-state index contributed by atoms with van der Waals surface area (Å²) in [5, 5.41) is 136. The van der Waals surface area contributed by atoms with Crippen LogP contribution in [0, 0.1) is 28.1 Å². The van der Waals surface area contributed by atoms with Crippen molar-refractivity contribution in [3.8, 4) is 0 Å². The van der Waals surface area contributed by atoms with Crippen LogP contribution in [0.1, 0.15) is 71.6 Å². The van der Waals surface area contributed by atoms with Gasteiger partial charge >= 0.3 is 5.97 Å². The van der Waals surface area contributed by atoms with E-state index in [9.17, 15) is 71.2 Å². The molecule has 25 atom stereocenters. The fraction of sp³-hybridized carbons (Fsp3) is 0.930. The van der Waals surface area contributed by atoms with Gasteiger partial charge in [0.2, 0.25) is 6.29 Å². The second-order valence-corrected chi connectivity index (χ2v) is 20.4. The molecular weight excluding hydrogens is 868 g/mol. The summed E-state index contributed by atoms with van der Waals surface area (Å²) in [7, 11) is 0. The third kappa shape index (κ3) is 8.43. The van der Waals surface area contributed by atoms with Crippen LogP contribution < -0.4 is 0 Å². The van der Waals surface area contributed by atoms with Crippen LogP contribution in [0.3, 0.4) is 0 Å². The van der Waals surface area contributed by atoms with E-state index in [0.29, 0.717) is 51.4 Å². The predicted octanol–water partition coefficient (Wildman–Crippen LogP) is -4.47. The topological polar surface area (TPSA) is 354 Å². The zero-order valence-corrected chi connectivity index (χ0v) is 36.5. The zero-order valence-electron chi connectivity index (χ0n) is 36.5. The Balaban J connectivity index is 0.965. The molecule has 22 heteroatoms. The van der Waals surface area contributed by atoms with Gasteiger partial charge in [0, 0.05) is 0 Å². The molecule has 0 aromatic heterocycles. The second-order valence-electron chi connectivity index (χ2n) is 20.4. The molecule has 0 aromatic carbocycles. The Morgan fingerprint density at radius 1 is 0.662 bits per heavy atom. The Hall–Kier alpha value is -1.59. The van der Waals surface area contributed by atoms with Gasteiger partial charge in [-0.15, -0.1) is 0 Å². The Morgan fingerprint density at radius 2 is 1.25 bits per heavy atom. The summed E-state index contributed by atoms with van der Waals surface area (Å²) in [5.74, 6) is -0.783. The standard InChI is InChI=1S/C43H68O22/c1-17-11-42-9-5-22-40(2,7-4-8-41(22,3)39(57)64-37-33(56)29(52)27(50)21(62-37)15-59-35-31(54)24(47)18(46)14-58-35)23(42)6-10-43(17,16-42)65-38-34(30(53)26(49)20(13-45)61-38)63-36-32(55)28(51)25(48)19(12-44)60-36/h18-38,44-56H,1,4-16H2,2-3H3/t18-,19+,20+,21-,22+,23+,24+,25+,26+,27-,28-,29+,30-,31-,32+,33-,34+,35+,36-,37+,38-,40-,41-,42-,43+/m1/s1. The molecule has 0 radical (unpaired) electrons. The lowest BCUT2D eigenvalue weighted by Gasteiger charge is -2.64. The highest BCUT2D eigenvalue weighted by molar-refractivity contribution is 5.77. The van der Waals surface area contributed by atoms with Crippen molar-refractivity contribution < 1.29 is 109 Å². The number of esters is 1. The third-order valence-electron chi connectivity index (χ3n) is 16.7. The van der Waals surface area contributed by atoms with Gasteiger partial charge < -0.3 is 104 Å². The van der Waals surface area contributed by atoms with Gasteiger partial charge in [-0.2, -0.15) is 0 Å². The molecule has 8 rings (SSSR count). The lowest BCUT2D eigenvalue weighted by molar-refractivity contribution is -0.378. The van der Waals surface area contributed by atoms with Crippen LogP contribution in [-0.2, 0) is 42.7 Å². The lowest BCUT2D eigenvalue weighted by Crippen LogP contribution is -2.65. The normalized spacial score (nSPS) is 54.7. The van der Waals surface area contributed by atoms with Gasteiger partial charge in [-0.3, -0.25) is 4.79 Å². The van der Waals surface area contributed by atoms with Gasteiger partial charge in [0.25, 0.3) is 0 Å². The Labute approximate surface area is 375 Å². The Bertz CT molecular complexity index is 1710. The maximum Gasteiger partial charge on any atom is 0.314 e. The van der Waals surface area contributed by atoms with Gasteiger partial charge in [0.15, 0.2) is 18.9 Å². The number of hydrogen-bond acceptors (Lipinski definition) is 22. The van der Waals surface area contributed by atoms with Crippen LogP contribution in [0.4, 0.5) is 0 Å². The summed E-state index contributed by atoms with van der Waals surface area (Å²) in [4.78, 5) is 14.5. The third-order valence-corrected chi connectivity index (χ3v) is 16.7. The maximum atomic E-state index is 14.5. The predicted molar refractivity (Wildman–Crippen MR) is 213 cm³/mol. The number of carbonyl (C=O) groups excluding carboxylic acids is 1. The number of aliphatic hydroxyl groups excluding tert-OH is 13. The van der Waals surface area contributed by atoms with E-state index in [0.717, 1.165) is 12.0 Å². The summed E-state index contributed by atoms with van der Waals surface area (Å²) in [6.45, 7) is 6.24. The average molecular weight is 937 g/mol. The average Bonchev–Trinajstić information content (AvgIpc) is 3.47. The van der Waals surface area contributed by atoms with Gasteiger partial charge in [0.1, 0.15) is 91.6 Å². The van der Waals surface area contributed by atoms with Crippen molar-refractivity contribution >= 4 is 5.97 Å². The maximum absolute atomic E-state index is 14.5. The molecule has 0 unspecified atom stereocenters. The van der Waals surface area contributed by atoms with Crippen LogP contribution in [0.5, 0.6) is 0 Å². The monoisotopic (exact) mass is 936 g/mol. The highest BCUT2D eigenvalue weighted by atomic mass is 16.8. The number of fused-ring (bicyclic) bond motifs is 3. The van der Waals surface area contributed by atoms with Crippen molar-refractivity contribution in [1.82, 2.24) is 0 Å². The van der Waals surface area contributed by atoms with Crippen molar-refractivity contribution in [2.45, 2.75) is 194 Å². The molecule has 13 N–H and O–H groups in total. The molecule has 4 aliphatic heterocycles. The zero-order chi connectivity index (χ0) is 47.1. The highest BCUT2D eigenvalue weighted by Gasteiger charge is 2.69. The van der Waals surface area contributed by atoms with Crippen molar-refractivity contribution in [1.29, 1.82) is 0 Å². The summed E-state index contributed by atoms with van der Waals surface area (Å²) in [6.07, 6.45) is -25.1. The van der Waals surface area contributed by atoms with Crippen LogP contribution in [0.15, 0.2) is 12.2 Å². The van der Waals surface area contributed by atoms with Gasteiger partial charge in [-0.1, -0.05) is 19.9 Å². The molecule has 372 valence electrons. The largest absolute Gasteiger partial charge is 0.432 e. The molecule has 4 saturated carbocycles. The Morgan fingerprint density at radius 3 is 1.92 bits per heavy atom. The van der Waals surface area contributed by atoms with E-state index < -0.39 is 159 Å². The van der Waals surface area contributed by atoms with Crippen molar-refractivity contribution in [2.75, 3.05) is 26.4 Å². The van der Waals surface area contributed by atoms with Crippen molar-refractivity contribution in [3.05, 3.63) is 12.2 Å². The molecule has 2 bridgehead atoms. The smallest absolute Gasteiger partial charge is 0.314 e. The fourth-order valence-electron chi connectivity index (χ4n) is 13.1. The van der Waals surface area contributed by atoms with E-state index >= 15 is 0 Å². The summed E-state index contributed by atoms with van der Waals surface area (Å²) in [6, 6.07) is 0. The van der Waals surface area contributed by atoms with E-state index in [2.05, 4.69) is 13.5 Å². The number of hydrogen-bond donors (Lipinski definition) is 13. The molecule has 0 amide bonds. The van der Waals surface area contributed by atoms with Crippen molar-refractivity contribution in [2.24, 2.45) is 28.1 Å². The van der Waals surface area contributed by atoms with Crippen molar-refractivity contribution in [3.63, 3.8) is 0 Å². The first-order chi connectivity index (χ1) is 30.6. The van der Waals surface area contributed by atoms with E-state index in [1.807, 2.05) is 6.92 Å². The second kappa shape index (κ2) is 18.6. The SMILES string of the molecule is C=C1C[C@@]23CC[C@H]4[C@@](C)(CCC[C@@]4(C)C(=O)O[C@@H]4O[C@H](CO[C@@H]5OC[C@@H](O)[C@H](O)[C@H]5O)[C@@H](O)[C@H](O)[C@H]4O)[C@@H]2CC[C@]1(O[C@H]1O[C@@H](CO)[C@H](O)[C@@H](O)[C@@H]1O[C@H]1O[C@@H](CO)[C@H](O)[C@@H](O)[C@@H]1O)C3. The number of carbonyl (C=O) groups is 1. The minimum Gasteiger partial charge on any atom is -0.432 e. The highest BCUT2D eigenvalue weighted by Crippen LogP contribution is 2.73. The molecule has 8 fully saturated rings. The number of rotatable bonds is 11. The van der Waals surface area contributed by atoms with Crippen LogP contribution in [0.25, 0.3) is 0 Å². The first-order valence-corrected chi connectivity index (χ1v) is 22.8. The van der Waals surface area contributed by atoms with E-state index in [-0.39, 0.29) is 23.9 Å². The first kappa shape index (κ1) is 49.8. The molecule has 22 nitrogen and oxygen atoms in total. The summed E-state index contributed by atoms with van der Waals surface area (Å²) >= 11 is 0. The lowest BCUT2D eigenvalue weighted by atomic mass is 9.41. The summed E-state index contributed by atoms with van der Waals surface area (Å²) < 4.78 is 46.9. The molecule has 4 heterocycles. The molecule has 65 heavy (non-hydrogen) atoms. The van der Waals surface area contributed by atoms with Gasteiger partial charge in [-0.05, 0) is 86.5 Å². The minimum atomic E-state index is -1.83. The molecule has 8 aliphatic rings. The van der Waals surface area contributed by atoms with E-state index in [1.54, 1.807) is 0 Å². The van der Waals surface area contributed by atoms with E-state index in [4.69, 9.17) is 37.9 Å². The molecule has 0 aromatic rings. The number of aliphatic hydroxyl groups is 13. The molecule has 4 aliphatic carbocycles. The molecule has 1 spiro atoms. The Kier molecular flexibility index (Phi) is 14.3. The molecule has 4 saturated heterocycles. The first-order valence-electron chi connectivity index (χ1n) is 22.8. The molecular formula is C43H68O22. The van der Waals surface area contributed by atoms with Crippen LogP contribution in [-0.4, -0.2) is 221 Å². The minimum absolute atomic E-state index is 0.0650. The fourth-order valence-corrected chi connectivity index (χ4v) is 13.1. The van der Waals surface area contributed by atoms with E-state index in [1.165, 1.54) is 0 Å². The van der Waals surface area contributed by atoms with Gasteiger partial charge in [-0.25, -0.2) is 0 Å². The summed E-state index contributed by atoms with van der Waals surface area (Å²) in [5.41, 5.74) is -2.08.